The van der Waals surface area contributed by atoms with Gasteiger partial charge >= 0.3 is 0 Å². The van der Waals surface area contributed by atoms with Gasteiger partial charge in [-0.2, -0.15) is 0 Å². The van der Waals surface area contributed by atoms with Crippen molar-refractivity contribution in [3.05, 3.63) is 0 Å². The highest BCUT2D eigenvalue weighted by atomic mass is 14.2. The summed E-state index contributed by atoms with van der Waals surface area (Å²) in [5, 5.41) is 0. The first-order valence-electron chi connectivity index (χ1n) is 5.33. The van der Waals surface area contributed by atoms with Gasteiger partial charge < -0.3 is 0 Å². The van der Waals surface area contributed by atoms with E-state index in [0.29, 0.717) is 0 Å². The van der Waals surface area contributed by atoms with Crippen LogP contribution in [0.3, 0.4) is 0 Å². The molecule has 0 N–H and O–H groups in total. The molecule has 0 saturated heterocycles. The van der Waals surface area contributed by atoms with Crippen LogP contribution in [-0.4, -0.2) is 0 Å². The Morgan fingerprint density at radius 1 is 1.18 bits per heavy atom. The van der Waals surface area contributed by atoms with Gasteiger partial charge in [0.05, 0.1) is 0 Å². The second kappa shape index (κ2) is 4.79. The maximum Gasteiger partial charge on any atom is -0.0412 e. The molecule has 1 rings (SSSR count). The van der Waals surface area contributed by atoms with E-state index in [-0.39, 0.29) is 0 Å². The molecule has 1 saturated carbocycles. The van der Waals surface area contributed by atoms with Crippen LogP contribution < -0.4 is 0 Å². The zero-order valence-electron chi connectivity index (χ0n) is 8.10. The molecule has 1 aliphatic carbocycles. The van der Waals surface area contributed by atoms with E-state index < -0.39 is 0 Å². The fraction of sp³-hybridized carbons (Fsp3) is 1.00. The average Bonchev–Trinajstić information content (AvgIpc) is 2.06. The van der Waals surface area contributed by atoms with E-state index in [2.05, 4.69) is 13.8 Å². The van der Waals surface area contributed by atoms with Gasteiger partial charge in [-0.25, -0.2) is 0 Å². The summed E-state index contributed by atoms with van der Waals surface area (Å²) in [6.07, 6.45) is 10.4. The number of hydrogen-bond donors (Lipinski definition) is 0. The standard InChI is InChI=1S/C11H22/c1-3-10(2)9-11-7-5-4-6-8-11/h10-11H,3-9H2,1-2H3/t10-/m0/s1. The summed E-state index contributed by atoms with van der Waals surface area (Å²) in [5.74, 6) is 2.05. The normalized spacial score (nSPS) is 23.5. The molecule has 66 valence electrons. The van der Waals surface area contributed by atoms with Crippen LogP contribution in [0.4, 0.5) is 0 Å². The first-order chi connectivity index (χ1) is 5.33. The lowest BCUT2D eigenvalue weighted by Crippen LogP contribution is -2.09. The molecular weight excluding hydrogens is 132 g/mol. The summed E-state index contributed by atoms with van der Waals surface area (Å²) in [6.45, 7) is 4.71. The Kier molecular flexibility index (Phi) is 3.96. The third kappa shape index (κ3) is 3.27. The molecule has 0 heterocycles. The molecule has 1 fully saturated rings. The van der Waals surface area contributed by atoms with Crippen molar-refractivity contribution >= 4 is 0 Å². The number of rotatable bonds is 3. The quantitative estimate of drug-likeness (QED) is 0.576. The number of hydrogen-bond acceptors (Lipinski definition) is 0. The minimum Gasteiger partial charge on any atom is -0.0651 e. The SMILES string of the molecule is CC[C@H](C)CC1CCCCC1. The van der Waals surface area contributed by atoms with Crippen LogP contribution in [0.25, 0.3) is 0 Å². The van der Waals surface area contributed by atoms with Gasteiger partial charge in [0, 0.05) is 0 Å². The topological polar surface area (TPSA) is 0 Å². The first kappa shape index (κ1) is 9.09. The molecular formula is C11H22. The maximum atomic E-state index is 2.40. The Hall–Kier alpha value is 0. The van der Waals surface area contributed by atoms with Gasteiger partial charge in [-0.3, -0.25) is 0 Å². The largest absolute Gasteiger partial charge is 0.0651 e. The molecule has 0 nitrogen and oxygen atoms in total. The molecule has 0 spiro atoms. The second-order valence-corrected chi connectivity index (χ2v) is 4.25. The molecule has 0 bridgehead atoms. The van der Waals surface area contributed by atoms with Crippen LogP contribution in [0, 0.1) is 11.8 Å². The van der Waals surface area contributed by atoms with E-state index in [4.69, 9.17) is 0 Å². The van der Waals surface area contributed by atoms with Gasteiger partial charge in [-0.05, 0) is 18.3 Å². The highest BCUT2D eigenvalue weighted by Crippen LogP contribution is 2.29. The molecule has 0 aromatic rings. The summed E-state index contributed by atoms with van der Waals surface area (Å²) >= 11 is 0. The zero-order chi connectivity index (χ0) is 8.10. The van der Waals surface area contributed by atoms with Gasteiger partial charge in [-0.1, -0.05) is 52.4 Å². The summed E-state index contributed by atoms with van der Waals surface area (Å²) in [4.78, 5) is 0. The summed E-state index contributed by atoms with van der Waals surface area (Å²) in [5.41, 5.74) is 0. The van der Waals surface area contributed by atoms with Crippen molar-refractivity contribution in [2.75, 3.05) is 0 Å². The molecule has 0 unspecified atom stereocenters. The zero-order valence-corrected chi connectivity index (χ0v) is 8.10. The fourth-order valence-corrected chi connectivity index (χ4v) is 2.16. The van der Waals surface area contributed by atoms with Crippen LogP contribution >= 0.6 is 0 Å². The lowest BCUT2D eigenvalue weighted by Gasteiger charge is -2.23. The third-order valence-electron chi connectivity index (χ3n) is 3.16. The van der Waals surface area contributed by atoms with Crippen LogP contribution in [0.1, 0.15) is 58.8 Å². The predicted octanol–water partition coefficient (Wildman–Crippen LogP) is 4.00. The lowest BCUT2D eigenvalue weighted by atomic mass is 9.83. The second-order valence-electron chi connectivity index (χ2n) is 4.25. The van der Waals surface area contributed by atoms with E-state index in [9.17, 15) is 0 Å². The van der Waals surface area contributed by atoms with Gasteiger partial charge in [0.1, 0.15) is 0 Å². The van der Waals surface area contributed by atoms with E-state index in [1.165, 1.54) is 44.9 Å². The summed E-state index contributed by atoms with van der Waals surface area (Å²) in [7, 11) is 0. The van der Waals surface area contributed by atoms with Crippen molar-refractivity contribution in [3.63, 3.8) is 0 Å². The Balaban J connectivity index is 2.13. The van der Waals surface area contributed by atoms with Crippen molar-refractivity contribution in [1.82, 2.24) is 0 Å². The molecule has 0 aromatic heterocycles. The van der Waals surface area contributed by atoms with Crippen LogP contribution in [0.2, 0.25) is 0 Å². The minimum absolute atomic E-state index is 0.970. The smallest absolute Gasteiger partial charge is 0.0412 e. The van der Waals surface area contributed by atoms with E-state index in [0.717, 1.165) is 11.8 Å². The predicted molar refractivity (Wildman–Crippen MR) is 50.6 cm³/mol. The van der Waals surface area contributed by atoms with Crippen molar-refractivity contribution < 1.29 is 0 Å². The van der Waals surface area contributed by atoms with Gasteiger partial charge in [-0.15, -0.1) is 0 Å². The lowest BCUT2D eigenvalue weighted by molar-refractivity contribution is 0.293. The highest BCUT2D eigenvalue weighted by Gasteiger charge is 2.14. The highest BCUT2D eigenvalue weighted by molar-refractivity contribution is 4.67. The van der Waals surface area contributed by atoms with E-state index >= 15 is 0 Å². The van der Waals surface area contributed by atoms with Crippen LogP contribution in [-0.2, 0) is 0 Å². The van der Waals surface area contributed by atoms with Crippen LogP contribution in [0.15, 0.2) is 0 Å². The average molecular weight is 154 g/mol. The maximum absolute atomic E-state index is 2.40. The Morgan fingerprint density at radius 3 is 2.36 bits per heavy atom. The van der Waals surface area contributed by atoms with Crippen LogP contribution in [0.5, 0.6) is 0 Å². The Bertz CT molecular complexity index is 90.2. The molecule has 1 atom stereocenters. The van der Waals surface area contributed by atoms with E-state index in [1.54, 1.807) is 0 Å². The molecule has 0 aromatic carbocycles. The third-order valence-corrected chi connectivity index (χ3v) is 3.16. The van der Waals surface area contributed by atoms with Gasteiger partial charge in [0.25, 0.3) is 0 Å². The van der Waals surface area contributed by atoms with Crippen molar-refractivity contribution in [2.24, 2.45) is 11.8 Å². The molecule has 0 amide bonds. The van der Waals surface area contributed by atoms with Gasteiger partial charge in [0.2, 0.25) is 0 Å². The monoisotopic (exact) mass is 154 g/mol. The summed E-state index contributed by atoms with van der Waals surface area (Å²) in [6, 6.07) is 0. The van der Waals surface area contributed by atoms with Crippen molar-refractivity contribution in [1.29, 1.82) is 0 Å². The minimum atomic E-state index is 0.970. The summed E-state index contributed by atoms with van der Waals surface area (Å²) < 4.78 is 0. The molecule has 11 heavy (non-hydrogen) atoms. The first-order valence-corrected chi connectivity index (χ1v) is 5.33. The van der Waals surface area contributed by atoms with E-state index in [1.807, 2.05) is 0 Å². The fourth-order valence-electron chi connectivity index (χ4n) is 2.16. The molecule has 0 heteroatoms. The Morgan fingerprint density at radius 2 is 1.82 bits per heavy atom. The van der Waals surface area contributed by atoms with Gasteiger partial charge in [0.15, 0.2) is 0 Å². The molecule has 1 aliphatic rings. The Labute approximate surface area is 71.4 Å². The molecule has 0 aliphatic heterocycles. The van der Waals surface area contributed by atoms with Crippen molar-refractivity contribution in [3.8, 4) is 0 Å². The van der Waals surface area contributed by atoms with Crippen molar-refractivity contribution in [2.45, 2.75) is 58.8 Å². The molecule has 0 radical (unpaired) electrons.